The van der Waals surface area contributed by atoms with Gasteiger partial charge in [-0.1, -0.05) is 6.07 Å². The van der Waals surface area contributed by atoms with E-state index in [9.17, 15) is 9.59 Å². The van der Waals surface area contributed by atoms with E-state index in [1.54, 1.807) is 23.0 Å². The summed E-state index contributed by atoms with van der Waals surface area (Å²) in [4.78, 5) is 28.1. The van der Waals surface area contributed by atoms with Crippen molar-refractivity contribution in [2.24, 2.45) is 0 Å². The van der Waals surface area contributed by atoms with Crippen LogP contribution in [0.4, 0.5) is 5.69 Å². The van der Waals surface area contributed by atoms with Gasteiger partial charge in [-0.15, -0.1) is 0 Å². The maximum atomic E-state index is 12.6. The van der Waals surface area contributed by atoms with Gasteiger partial charge in [-0.2, -0.15) is 0 Å². The number of methoxy groups -OCH3 is 1. The van der Waals surface area contributed by atoms with Crippen LogP contribution in [0.1, 0.15) is 19.3 Å². The van der Waals surface area contributed by atoms with Crippen molar-refractivity contribution in [1.82, 2.24) is 4.90 Å². The zero-order chi connectivity index (χ0) is 14.1. The van der Waals surface area contributed by atoms with Crippen LogP contribution < -0.4 is 9.64 Å². The summed E-state index contributed by atoms with van der Waals surface area (Å²) < 4.78 is 5.18. The molecule has 0 spiro atoms. The summed E-state index contributed by atoms with van der Waals surface area (Å²) in [6.45, 7) is 0.837. The predicted molar refractivity (Wildman–Crippen MR) is 74.7 cm³/mol. The Bertz CT molecular complexity index is 544. The predicted octanol–water partition coefficient (Wildman–Crippen LogP) is 1.42. The number of nitrogens with zero attached hydrogens (tertiary/aromatic N) is 2. The molecule has 0 saturated carbocycles. The normalized spacial score (nSPS) is 22.8. The van der Waals surface area contributed by atoms with Crippen molar-refractivity contribution in [2.75, 3.05) is 25.1 Å². The van der Waals surface area contributed by atoms with Crippen LogP contribution in [0.3, 0.4) is 0 Å². The molecule has 1 aromatic rings. The van der Waals surface area contributed by atoms with Gasteiger partial charge < -0.3 is 14.5 Å². The minimum atomic E-state index is -0.281. The third-order valence-electron chi connectivity index (χ3n) is 4.03. The Morgan fingerprint density at radius 3 is 2.90 bits per heavy atom. The second kappa shape index (κ2) is 5.15. The van der Waals surface area contributed by atoms with E-state index in [0.717, 1.165) is 24.9 Å². The molecule has 2 amide bonds. The Labute approximate surface area is 118 Å². The molecule has 20 heavy (non-hydrogen) atoms. The van der Waals surface area contributed by atoms with Crippen molar-refractivity contribution in [3.05, 3.63) is 24.3 Å². The van der Waals surface area contributed by atoms with Gasteiger partial charge in [-0.3, -0.25) is 9.59 Å². The average molecular weight is 274 g/mol. The Morgan fingerprint density at radius 1 is 1.25 bits per heavy atom. The number of hydrogen-bond acceptors (Lipinski definition) is 3. The van der Waals surface area contributed by atoms with Crippen molar-refractivity contribution in [3.8, 4) is 5.75 Å². The van der Waals surface area contributed by atoms with E-state index in [0.29, 0.717) is 12.3 Å². The average Bonchev–Trinajstić information content (AvgIpc) is 2.51. The second-order valence-electron chi connectivity index (χ2n) is 5.22. The minimum absolute atomic E-state index is 0.0255. The first kappa shape index (κ1) is 13.0. The number of ether oxygens (including phenoxy) is 1. The van der Waals surface area contributed by atoms with Crippen LogP contribution >= 0.6 is 0 Å². The fourth-order valence-electron chi connectivity index (χ4n) is 2.97. The van der Waals surface area contributed by atoms with Crippen molar-refractivity contribution in [1.29, 1.82) is 0 Å². The quantitative estimate of drug-likeness (QED) is 0.819. The van der Waals surface area contributed by atoms with Crippen LogP contribution in [-0.2, 0) is 9.59 Å². The first-order valence-corrected chi connectivity index (χ1v) is 6.95. The van der Waals surface area contributed by atoms with Gasteiger partial charge in [0.2, 0.25) is 11.8 Å². The number of amides is 2. The molecular weight excluding hydrogens is 256 g/mol. The van der Waals surface area contributed by atoms with E-state index < -0.39 is 0 Å². The fraction of sp³-hybridized carbons (Fsp3) is 0.467. The van der Waals surface area contributed by atoms with E-state index in [-0.39, 0.29) is 24.4 Å². The van der Waals surface area contributed by atoms with Crippen molar-refractivity contribution in [3.63, 3.8) is 0 Å². The first-order chi connectivity index (χ1) is 9.70. The second-order valence-corrected chi connectivity index (χ2v) is 5.22. The van der Waals surface area contributed by atoms with Crippen molar-refractivity contribution in [2.45, 2.75) is 25.3 Å². The summed E-state index contributed by atoms with van der Waals surface area (Å²) in [6, 6.07) is 7.01. The third kappa shape index (κ3) is 2.13. The Hall–Kier alpha value is -2.04. The number of benzene rings is 1. The van der Waals surface area contributed by atoms with Crippen LogP contribution in [0.15, 0.2) is 24.3 Å². The van der Waals surface area contributed by atoms with Crippen LogP contribution in [0.25, 0.3) is 0 Å². The maximum Gasteiger partial charge on any atom is 0.250 e. The highest BCUT2D eigenvalue weighted by molar-refractivity contribution is 6.06. The van der Waals surface area contributed by atoms with E-state index >= 15 is 0 Å². The number of piperidine rings is 1. The number of piperazine rings is 1. The monoisotopic (exact) mass is 274 g/mol. The van der Waals surface area contributed by atoms with E-state index in [2.05, 4.69) is 0 Å². The molecule has 1 aromatic carbocycles. The lowest BCUT2D eigenvalue weighted by atomic mass is 9.98. The summed E-state index contributed by atoms with van der Waals surface area (Å²) in [5, 5.41) is 0. The molecule has 5 nitrogen and oxygen atoms in total. The Balaban J connectivity index is 1.89. The van der Waals surface area contributed by atoms with Gasteiger partial charge in [0, 0.05) is 18.3 Å². The summed E-state index contributed by atoms with van der Waals surface area (Å²) in [6.07, 6.45) is 2.77. The van der Waals surface area contributed by atoms with Crippen LogP contribution in [-0.4, -0.2) is 43.0 Å². The highest BCUT2D eigenvalue weighted by atomic mass is 16.5. The Kier molecular flexibility index (Phi) is 3.34. The summed E-state index contributed by atoms with van der Waals surface area (Å²) in [5.41, 5.74) is 0.730. The van der Waals surface area contributed by atoms with Crippen LogP contribution in [0.2, 0.25) is 0 Å². The molecule has 2 heterocycles. The van der Waals surface area contributed by atoms with Gasteiger partial charge in [0.15, 0.2) is 0 Å². The van der Waals surface area contributed by atoms with Gasteiger partial charge in [0.25, 0.3) is 0 Å². The van der Waals surface area contributed by atoms with Crippen molar-refractivity contribution >= 4 is 17.5 Å². The molecule has 0 aliphatic carbocycles. The standard InChI is InChI=1S/C15H18N2O3/c1-20-12-6-4-5-11(9-12)17-10-14(18)16-8-3-2-7-13(16)15(17)19/h4-6,9,13H,2-3,7-8,10H2,1H3. The van der Waals surface area contributed by atoms with Crippen molar-refractivity contribution < 1.29 is 14.3 Å². The highest BCUT2D eigenvalue weighted by Crippen LogP contribution is 2.28. The molecular formula is C15H18N2O3. The molecule has 0 radical (unpaired) electrons. The zero-order valence-electron chi connectivity index (χ0n) is 11.5. The molecule has 2 fully saturated rings. The number of rotatable bonds is 2. The molecule has 1 atom stereocenters. The lowest BCUT2D eigenvalue weighted by Crippen LogP contribution is -2.61. The van der Waals surface area contributed by atoms with Gasteiger partial charge in [0.1, 0.15) is 18.3 Å². The molecule has 2 aliphatic rings. The molecule has 0 N–H and O–H groups in total. The smallest absolute Gasteiger partial charge is 0.250 e. The zero-order valence-corrected chi connectivity index (χ0v) is 11.5. The minimum Gasteiger partial charge on any atom is -0.497 e. The third-order valence-corrected chi connectivity index (χ3v) is 4.03. The highest BCUT2D eigenvalue weighted by Gasteiger charge is 2.40. The van der Waals surface area contributed by atoms with Crippen LogP contribution in [0, 0.1) is 0 Å². The molecule has 106 valence electrons. The van der Waals surface area contributed by atoms with E-state index in [4.69, 9.17) is 4.74 Å². The largest absolute Gasteiger partial charge is 0.497 e. The summed E-state index contributed by atoms with van der Waals surface area (Å²) in [7, 11) is 1.59. The molecule has 5 heteroatoms. The molecule has 1 unspecified atom stereocenters. The number of anilines is 1. The van der Waals surface area contributed by atoms with E-state index in [1.165, 1.54) is 0 Å². The maximum absolute atomic E-state index is 12.6. The lowest BCUT2D eigenvalue weighted by Gasteiger charge is -2.42. The summed E-state index contributed by atoms with van der Waals surface area (Å²) in [5.74, 6) is 0.753. The number of fused-ring (bicyclic) bond motifs is 1. The Morgan fingerprint density at radius 2 is 2.10 bits per heavy atom. The summed E-state index contributed by atoms with van der Waals surface area (Å²) >= 11 is 0. The molecule has 0 bridgehead atoms. The fourth-order valence-corrected chi connectivity index (χ4v) is 2.97. The number of carbonyl (C=O) groups is 2. The van der Waals surface area contributed by atoms with Gasteiger partial charge in [-0.05, 0) is 31.4 Å². The first-order valence-electron chi connectivity index (χ1n) is 6.95. The van der Waals surface area contributed by atoms with Gasteiger partial charge in [-0.25, -0.2) is 0 Å². The van der Waals surface area contributed by atoms with Gasteiger partial charge in [0.05, 0.1) is 7.11 Å². The molecule has 2 aliphatic heterocycles. The lowest BCUT2D eigenvalue weighted by molar-refractivity contribution is -0.144. The van der Waals surface area contributed by atoms with Crippen LogP contribution in [0.5, 0.6) is 5.75 Å². The number of hydrogen-bond donors (Lipinski definition) is 0. The topological polar surface area (TPSA) is 49.9 Å². The molecule has 0 aromatic heterocycles. The number of carbonyl (C=O) groups excluding carboxylic acids is 2. The SMILES string of the molecule is COc1cccc(N2CC(=O)N3CCCCC3C2=O)c1. The van der Waals surface area contributed by atoms with Gasteiger partial charge >= 0.3 is 0 Å². The van der Waals surface area contributed by atoms with E-state index in [1.807, 2.05) is 18.2 Å². The molecule has 2 saturated heterocycles. The molecule has 3 rings (SSSR count).